The second kappa shape index (κ2) is 9.94. The zero-order chi connectivity index (χ0) is 22.0. The van der Waals surface area contributed by atoms with Crippen molar-refractivity contribution in [3.05, 3.63) is 69.2 Å². The van der Waals surface area contributed by atoms with Gasteiger partial charge < -0.3 is 10.0 Å². The number of likely N-dealkylation sites (tertiary alicyclic amines) is 1. The molecule has 1 unspecified atom stereocenters. The molecule has 2 aromatic rings. The molecule has 1 saturated heterocycles. The molecule has 3 nitrogen and oxygen atoms in total. The molecule has 0 aromatic heterocycles. The molecule has 0 bridgehead atoms. The van der Waals surface area contributed by atoms with E-state index in [1.54, 1.807) is 0 Å². The van der Waals surface area contributed by atoms with Gasteiger partial charge in [-0.05, 0) is 91.7 Å². The number of nitrogens with zero attached hydrogens (tertiary/aromatic N) is 1. The molecule has 5 heteroatoms. The Morgan fingerprint density at radius 3 is 2.42 bits per heavy atom. The zero-order valence-electron chi connectivity index (χ0n) is 18.1. The summed E-state index contributed by atoms with van der Waals surface area (Å²) in [6.45, 7) is 3.55. The maximum Gasteiger partial charge on any atom is 0.253 e. The van der Waals surface area contributed by atoms with Gasteiger partial charge in [0.2, 0.25) is 0 Å². The first-order valence-corrected chi connectivity index (χ1v) is 12.2. The molecule has 166 valence electrons. The van der Waals surface area contributed by atoms with Gasteiger partial charge >= 0.3 is 0 Å². The average molecular weight is 460 g/mol. The number of carbonyl (C=O) groups excluding carboxylic acids is 1. The maximum atomic E-state index is 12.7. The third-order valence-electron chi connectivity index (χ3n) is 7.12. The molecule has 1 aliphatic carbocycles. The summed E-state index contributed by atoms with van der Waals surface area (Å²) in [5.41, 5.74) is 3.35. The van der Waals surface area contributed by atoms with Gasteiger partial charge in [-0.3, -0.25) is 4.79 Å². The van der Waals surface area contributed by atoms with Crippen molar-refractivity contribution < 1.29 is 9.90 Å². The minimum atomic E-state index is -0.263. The lowest BCUT2D eigenvalue weighted by Gasteiger charge is -2.29. The van der Waals surface area contributed by atoms with Crippen LogP contribution < -0.4 is 0 Å². The van der Waals surface area contributed by atoms with E-state index in [0.717, 1.165) is 12.0 Å². The fraction of sp³-hybridized carbons (Fsp3) is 0.500. The Balaban J connectivity index is 1.32. The second-order valence-electron chi connectivity index (χ2n) is 9.33. The van der Waals surface area contributed by atoms with Crippen molar-refractivity contribution in [2.24, 2.45) is 5.92 Å². The van der Waals surface area contributed by atoms with Crippen molar-refractivity contribution in [2.75, 3.05) is 13.1 Å². The van der Waals surface area contributed by atoms with Crippen LogP contribution in [-0.4, -0.2) is 35.1 Å². The molecule has 2 fully saturated rings. The van der Waals surface area contributed by atoms with Crippen LogP contribution in [0.1, 0.15) is 78.8 Å². The van der Waals surface area contributed by atoms with Crippen molar-refractivity contribution in [2.45, 2.75) is 63.4 Å². The van der Waals surface area contributed by atoms with Crippen molar-refractivity contribution in [1.82, 2.24) is 4.90 Å². The van der Waals surface area contributed by atoms with Crippen LogP contribution in [0.15, 0.2) is 42.5 Å². The first-order valence-electron chi connectivity index (χ1n) is 11.4. The van der Waals surface area contributed by atoms with Crippen molar-refractivity contribution in [1.29, 1.82) is 0 Å². The molecule has 31 heavy (non-hydrogen) atoms. The van der Waals surface area contributed by atoms with E-state index in [2.05, 4.69) is 25.1 Å². The van der Waals surface area contributed by atoms with E-state index in [4.69, 9.17) is 23.2 Å². The molecule has 1 aliphatic heterocycles. The number of hydrogen-bond acceptors (Lipinski definition) is 2. The van der Waals surface area contributed by atoms with Gasteiger partial charge in [-0.15, -0.1) is 0 Å². The van der Waals surface area contributed by atoms with Crippen LogP contribution in [0.2, 0.25) is 10.0 Å². The number of carbonyl (C=O) groups is 1. The Labute approximate surface area is 195 Å². The van der Waals surface area contributed by atoms with E-state index in [9.17, 15) is 9.90 Å². The smallest absolute Gasteiger partial charge is 0.253 e. The fourth-order valence-corrected chi connectivity index (χ4v) is 5.50. The number of aliphatic hydroxyl groups is 1. The van der Waals surface area contributed by atoms with Crippen LogP contribution in [-0.2, 0) is 0 Å². The molecular formula is C26H31Cl2NO2. The number of piperidine rings is 1. The summed E-state index contributed by atoms with van der Waals surface area (Å²) >= 11 is 12.3. The number of aliphatic hydroxyl groups excluding tert-OH is 1. The van der Waals surface area contributed by atoms with Crippen molar-refractivity contribution in [3.8, 4) is 0 Å². The predicted octanol–water partition coefficient (Wildman–Crippen LogP) is 6.67. The van der Waals surface area contributed by atoms with Gasteiger partial charge in [-0.1, -0.05) is 48.3 Å². The summed E-state index contributed by atoms with van der Waals surface area (Å²) in [6, 6.07) is 14.2. The largest absolute Gasteiger partial charge is 0.393 e. The predicted molar refractivity (Wildman–Crippen MR) is 127 cm³/mol. The highest BCUT2D eigenvalue weighted by molar-refractivity contribution is 6.42. The normalized spacial score (nSPS) is 23.2. The maximum absolute atomic E-state index is 12.7. The van der Waals surface area contributed by atoms with E-state index < -0.39 is 0 Å². The topological polar surface area (TPSA) is 40.5 Å². The number of benzene rings is 2. The summed E-state index contributed by atoms with van der Waals surface area (Å²) in [6.07, 6.45) is 5.89. The van der Waals surface area contributed by atoms with E-state index >= 15 is 0 Å². The summed E-state index contributed by atoms with van der Waals surface area (Å²) in [4.78, 5) is 14.6. The average Bonchev–Trinajstić information content (AvgIpc) is 3.24. The standard InChI is InChI=1S/C26H31Cl2NO2/c1-17(21-8-9-24(27)25(28)16-21)14-18-2-3-22(15-18)19-4-6-20(7-5-19)26(31)29-12-10-23(30)11-13-29/h4-9,16-18,22-23,30H,2-3,10-15H2,1H3/t17-,18?,22-/m0/s1. The Bertz CT molecular complexity index is 906. The summed E-state index contributed by atoms with van der Waals surface area (Å²) in [7, 11) is 0. The highest BCUT2D eigenvalue weighted by Crippen LogP contribution is 2.42. The van der Waals surface area contributed by atoms with Crippen molar-refractivity contribution in [3.63, 3.8) is 0 Å². The lowest BCUT2D eigenvalue weighted by Crippen LogP contribution is -2.40. The number of halogens is 2. The zero-order valence-corrected chi connectivity index (χ0v) is 19.6. The molecular weight excluding hydrogens is 429 g/mol. The Morgan fingerprint density at radius 1 is 1.03 bits per heavy atom. The molecule has 2 aliphatic rings. The Morgan fingerprint density at radius 2 is 1.74 bits per heavy atom. The SMILES string of the molecule is C[C@@H](CC1CC[C@H](c2ccc(C(=O)N3CCC(O)CC3)cc2)C1)c1ccc(Cl)c(Cl)c1. The van der Waals surface area contributed by atoms with E-state index in [1.165, 1.54) is 30.4 Å². The number of rotatable bonds is 5. The monoisotopic (exact) mass is 459 g/mol. The highest BCUT2D eigenvalue weighted by Gasteiger charge is 2.28. The van der Waals surface area contributed by atoms with Gasteiger partial charge in [0.05, 0.1) is 16.1 Å². The van der Waals surface area contributed by atoms with Crippen LogP contribution in [0.3, 0.4) is 0 Å². The summed E-state index contributed by atoms with van der Waals surface area (Å²) < 4.78 is 0. The van der Waals surface area contributed by atoms with Gasteiger partial charge in [0.1, 0.15) is 0 Å². The Hall–Kier alpha value is -1.55. The molecule has 1 amide bonds. The third kappa shape index (κ3) is 5.45. The molecule has 2 aromatic carbocycles. The van der Waals surface area contributed by atoms with Crippen LogP contribution in [0.25, 0.3) is 0 Å². The Kier molecular flexibility index (Phi) is 7.26. The summed E-state index contributed by atoms with van der Waals surface area (Å²) in [5.74, 6) is 1.82. The van der Waals surface area contributed by atoms with Gasteiger partial charge in [0, 0.05) is 18.7 Å². The molecule has 3 atom stereocenters. The quantitative estimate of drug-likeness (QED) is 0.542. The minimum Gasteiger partial charge on any atom is -0.393 e. The van der Waals surface area contributed by atoms with Gasteiger partial charge in [-0.25, -0.2) is 0 Å². The molecule has 4 rings (SSSR count). The van der Waals surface area contributed by atoms with Crippen LogP contribution in [0.4, 0.5) is 0 Å². The van der Waals surface area contributed by atoms with Crippen LogP contribution >= 0.6 is 23.2 Å². The molecule has 0 spiro atoms. The molecule has 0 radical (unpaired) electrons. The fourth-order valence-electron chi connectivity index (χ4n) is 5.20. The first-order chi connectivity index (χ1) is 14.9. The lowest BCUT2D eigenvalue weighted by atomic mass is 9.88. The lowest BCUT2D eigenvalue weighted by molar-refractivity contribution is 0.0546. The van der Waals surface area contributed by atoms with Crippen LogP contribution in [0.5, 0.6) is 0 Å². The number of amides is 1. The van der Waals surface area contributed by atoms with Gasteiger partial charge in [0.15, 0.2) is 0 Å². The summed E-state index contributed by atoms with van der Waals surface area (Å²) in [5, 5.41) is 10.9. The first kappa shape index (κ1) is 22.6. The molecule has 1 saturated carbocycles. The second-order valence-corrected chi connectivity index (χ2v) is 10.1. The van der Waals surface area contributed by atoms with Crippen molar-refractivity contribution >= 4 is 29.1 Å². The van der Waals surface area contributed by atoms with Gasteiger partial charge in [-0.2, -0.15) is 0 Å². The third-order valence-corrected chi connectivity index (χ3v) is 7.86. The van der Waals surface area contributed by atoms with Crippen LogP contribution in [0, 0.1) is 5.92 Å². The minimum absolute atomic E-state index is 0.0817. The van der Waals surface area contributed by atoms with E-state index in [0.29, 0.717) is 53.7 Å². The molecule has 1 heterocycles. The van der Waals surface area contributed by atoms with Gasteiger partial charge in [0.25, 0.3) is 5.91 Å². The highest BCUT2D eigenvalue weighted by atomic mass is 35.5. The van der Waals surface area contributed by atoms with E-state index in [1.807, 2.05) is 29.2 Å². The number of hydrogen-bond donors (Lipinski definition) is 1. The molecule has 1 N–H and O–H groups in total. The van der Waals surface area contributed by atoms with E-state index in [-0.39, 0.29) is 12.0 Å².